The molecule has 0 fully saturated rings. The maximum atomic E-state index is 4.59. The molecule has 0 bridgehead atoms. The molecule has 3 nitrogen and oxygen atoms in total. The molecule has 1 heterocycles. The standard InChI is InChI=1S/C15H28BrN3/c1-6-9-11(4)13(17-8-3)10-14-15(16)12(7-2)18-19(14)5/h11,13,17H,6-10H2,1-5H3. The van der Waals surface area contributed by atoms with Crippen LogP contribution in [-0.2, 0) is 19.9 Å². The Morgan fingerprint density at radius 2 is 2.00 bits per heavy atom. The SMILES string of the molecule is CCCC(C)C(Cc1c(Br)c(CC)nn1C)NCC. The molecule has 0 aromatic carbocycles. The van der Waals surface area contributed by atoms with Crippen molar-refractivity contribution in [2.24, 2.45) is 13.0 Å². The maximum absolute atomic E-state index is 4.59. The third-order valence-corrected chi connectivity index (χ3v) is 4.73. The Hall–Kier alpha value is -0.350. The molecule has 0 radical (unpaired) electrons. The highest BCUT2D eigenvalue weighted by Crippen LogP contribution is 2.25. The molecule has 1 N–H and O–H groups in total. The minimum atomic E-state index is 0.529. The number of rotatable bonds is 8. The van der Waals surface area contributed by atoms with Gasteiger partial charge in [0.1, 0.15) is 0 Å². The number of hydrogen-bond donors (Lipinski definition) is 1. The third-order valence-electron chi connectivity index (χ3n) is 3.81. The minimum absolute atomic E-state index is 0.529. The molecule has 110 valence electrons. The van der Waals surface area contributed by atoms with Gasteiger partial charge in [0.2, 0.25) is 0 Å². The number of nitrogens with zero attached hydrogens (tertiary/aromatic N) is 2. The van der Waals surface area contributed by atoms with Crippen molar-refractivity contribution in [3.05, 3.63) is 15.9 Å². The van der Waals surface area contributed by atoms with Gasteiger partial charge in [0.15, 0.2) is 0 Å². The first-order chi connectivity index (χ1) is 9.04. The van der Waals surface area contributed by atoms with Gasteiger partial charge in [-0.05, 0) is 41.2 Å². The zero-order valence-corrected chi connectivity index (χ0v) is 14.5. The lowest BCUT2D eigenvalue weighted by atomic mass is 9.93. The summed E-state index contributed by atoms with van der Waals surface area (Å²) in [5.41, 5.74) is 2.47. The van der Waals surface area contributed by atoms with Crippen molar-refractivity contribution in [1.29, 1.82) is 0 Å². The van der Waals surface area contributed by atoms with Crippen LogP contribution in [0.15, 0.2) is 4.47 Å². The summed E-state index contributed by atoms with van der Waals surface area (Å²) in [5, 5.41) is 8.22. The number of likely N-dealkylation sites (N-methyl/N-ethyl adjacent to an activating group) is 1. The Morgan fingerprint density at radius 3 is 2.47 bits per heavy atom. The van der Waals surface area contributed by atoms with Crippen molar-refractivity contribution in [3.63, 3.8) is 0 Å². The monoisotopic (exact) mass is 329 g/mol. The highest BCUT2D eigenvalue weighted by Gasteiger charge is 2.21. The van der Waals surface area contributed by atoms with Crippen molar-refractivity contribution >= 4 is 15.9 Å². The van der Waals surface area contributed by atoms with Gasteiger partial charge in [-0.1, -0.05) is 34.1 Å². The molecule has 1 aromatic heterocycles. The Morgan fingerprint density at radius 1 is 1.32 bits per heavy atom. The summed E-state index contributed by atoms with van der Waals surface area (Å²) in [4.78, 5) is 0. The van der Waals surface area contributed by atoms with E-state index in [-0.39, 0.29) is 0 Å². The Kier molecular flexibility index (Phi) is 7.08. The number of aryl methyl sites for hydroxylation is 2. The third kappa shape index (κ3) is 4.32. The molecule has 0 saturated heterocycles. The lowest BCUT2D eigenvalue weighted by molar-refractivity contribution is 0.352. The predicted octanol–water partition coefficient (Wildman–Crippen LogP) is 3.70. The molecular weight excluding hydrogens is 302 g/mol. The summed E-state index contributed by atoms with van der Waals surface area (Å²) >= 11 is 3.72. The molecule has 19 heavy (non-hydrogen) atoms. The van der Waals surface area contributed by atoms with Crippen LogP contribution >= 0.6 is 15.9 Å². The molecule has 0 amide bonds. The minimum Gasteiger partial charge on any atom is -0.314 e. The van der Waals surface area contributed by atoms with Crippen LogP contribution in [0.5, 0.6) is 0 Å². The van der Waals surface area contributed by atoms with E-state index in [1.165, 1.54) is 23.0 Å². The van der Waals surface area contributed by atoms with E-state index in [0.29, 0.717) is 12.0 Å². The quantitative estimate of drug-likeness (QED) is 0.788. The van der Waals surface area contributed by atoms with Crippen molar-refractivity contribution in [2.45, 2.75) is 59.4 Å². The van der Waals surface area contributed by atoms with E-state index in [9.17, 15) is 0 Å². The van der Waals surface area contributed by atoms with Crippen LogP contribution in [0.3, 0.4) is 0 Å². The van der Waals surface area contributed by atoms with Crippen LogP contribution in [-0.4, -0.2) is 22.4 Å². The Bertz CT molecular complexity index is 387. The Balaban J connectivity index is 2.86. The molecule has 0 spiro atoms. The normalized spacial score (nSPS) is 14.6. The maximum Gasteiger partial charge on any atom is 0.0766 e. The zero-order chi connectivity index (χ0) is 14.4. The number of hydrogen-bond acceptors (Lipinski definition) is 2. The largest absolute Gasteiger partial charge is 0.314 e. The smallest absolute Gasteiger partial charge is 0.0766 e. The average molecular weight is 330 g/mol. The first-order valence-corrected chi connectivity index (χ1v) is 8.27. The number of nitrogens with one attached hydrogen (secondary N) is 1. The van der Waals surface area contributed by atoms with E-state index in [4.69, 9.17) is 0 Å². The Labute approximate surface area is 126 Å². The van der Waals surface area contributed by atoms with Crippen LogP contribution in [0.1, 0.15) is 51.9 Å². The first kappa shape index (κ1) is 16.7. The molecule has 0 aliphatic heterocycles. The fourth-order valence-electron chi connectivity index (χ4n) is 2.64. The molecule has 2 atom stereocenters. The second kappa shape index (κ2) is 8.05. The van der Waals surface area contributed by atoms with Gasteiger partial charge < -0.3 is 5.32 Å². The van der Waals surface area contributed by atoms with Gasteiger partial charge in [-0.25, -0.2) is 0 Å². The van der Waals surface area contributed by atoms with Gasteiger partial charge in [-0.3, -0.25) is 4.68 Å². The van der Waals surface area contributed by atoms with Crippen molar-refractivity contribution in [2.75, 3.05) is 6.54 Å². The fraction of sp³-hybridized carbons (Fsp3) is 0.800. The summed E-state index contributed by atoms with van der Waals surface area (Å²) in [6.07, 6.45) is 4.54. The van der Waals surface area contributed by atoms with Crippen LogP contribution in [0.2, 0.25) is 0 Å². The van der Waals surface area contributed by atoms with Crippen LogP contribution in [0.4, 0.5) is 0 Å². The van der Waals surface area contributed by atoms with Crippen LogP contribution in [0.25, 0.3) is 0 Å². The first-order valence-electron chi connectivity index (χ1n) is 7.48. The van der Waals surface area contributed by atoms with Gasteiger partial charge in [0.05, 0.1) is 15.9 Å². The average Bonchev–Trinajstić information content (AvgIpc) is 2.65. The van der Waals surface area contributed by atoms with Gasteiger partial charge >= 0.3 is 0 Å². The molecule has 0 aliphatic carbocycles. The van der Waals surface area contributed by atoms with Crippen molar-refractivity contribution < 1.29 is 0 Å². The predicted molar refractivity (Wildman–Crippen MR) is 85.5 cm³/mol. The zero-order valence-electron chi connectivity index (χ0n) is 13.0. The van der Waals surface area contributed by atoms with Gasteiger partial charge in [0.25, 0.3) is 0 Å². The highest BCUT2D eigenvalue weighted by molar-refractivity contribution is 9.10. The number of aromatic nitrogens is 2. The second-order valence-corrected chi connectivity index (χ2v) is 6.11. The lowest BCUT2D eigenvalue weighted by Crippen LogP contribution is -2.37. The molecular formula is C15H28BrN3. The van der Waals surface area contributed by atoms with E-state index in [1.807, 2.05) is 11.7 Å². The fourth-order valence-corrected chi connectivity index (χ4v) is 3.42. The summed E-state index contributed by atoms with van der Waals surface area (Å²) in [6.45, 7) is 9.96. The highest BCUT2D eigenvalue weighted by atomic mass is 79.9. The molecule has 4 heteroatoms. The summed E-state index contributed by atoms with van der Waals surface area (Å²) in [7, 11) is 2.05. The van der Waals surface area contributed by atoms with Crippen LogP contribution < -0.4 is 5.32 Å². The van der Waals surface area contributed by atoms with Crippen molar-refractivity contribution in [3.8, 4) is 0 Å². The second-order valence-electron chi connectivity index (χ2n) is 5.32. The van der Waals surface area contributed by atoms with E-state index < -0.39 is 0 Å². The van der Waals surface area contributed by atoms with Crippen LogP contribution in [0, 0.1) is 5.92 Å². The van der Waals surface area contributed by atoms with Gasteiger partial charge in [0, 0.05) is 19.5 Å². The lowest BCUT2D eigenvalue weighted by Gasteiger charge is -2.24. The van der Waals surface area contributed by atoms with Gasteiger partial charge in [-0.15, -0.1) is 0 Å². The van der Waals surface area contributed by atoms with E-state index in [2.05, 4.69) is 54.0 Å². The molecule has 2 unspecified atom stereocenters. The summed E-state index contributed by atoms with van der Waals surface area (Å²) in [6, 6.07) is 0.529. The van der Waals surface area contributed by atoms with E-state index >= 15 is 0 Å². The summed E-state index contributed by atoms with van der Waals surface area (Å²) in [5.74, 6) is 0.692. The number of halogens is 1. The van der Waals surface area contributed by atoms with Crippen molar-refractivity contribution in [1.82, 2.24) is 15.1 Å². The van der Waals surface area contributed by atoms with E-state index in [1.54, 1.807) is 0 Å². The summed E-state index contributed by atoms with van der Waals surface area (Å²) < 4.78 is 3.23. The van der Waals surface area contributed by atoms with Gasteiger partial charge in [-0.2, -0.15) is 5.10 Å². The topological polar surface area (TPSA) is 29.9 Å². The molecule has 1 aromatic rings. The van der Waals surface area contributed by atoms with E-state index in [0.717, 1.165) is 25.1 Å². The molecule has 1 rings (SSSR count). The molecule has 0 aliphatic rings. The molecule has 0 saturated carbocycles.